The summed E-state index contributed by atoms with van der Waals surface area (Å²) in [5.41, 5.74) is 4.35. The van der Waals surface area contributed by atoms with Gasteiger partial charge in [0, 0.05) is 44.1 Å². The van der Waals surface area contributed by atoms with Crippen LogP contribution in [-0.4, -0.2) is 27.5 Å². The predicted molar refractivity (Wildman–Crippen MR) is 181 cm³/mol. The standard InChI is InChI=1S/C34H29Cl2N3O3S2/c1-19(2)42-33(41)30-20(3)37-34-39(31(30)21-10-13-25(43-4)14-11-21)32(40)29(44-34)15-23-18-38(28-8-6-5-7-26(23)28)17-22-9-12-24(35)16-27(22)36/h5-16,18-19,31H,17H2,1-4H3/b29-15-/t31-/m0/s1. The van der Waals surface area contributed by atoms with Crippen molar-refractivity contribution in [2.75, 3.05) is 6.26 Å². The summed E-state index contributed by atoms with van der Waals surface area (Å²) >= 11 is 15.6. The Morgan fingerprint density at radius 3 is 2.57 bits per heavy atom. The van der Waals surface area contributed by atoms with Crippen LogP contribution in [0.15, 0.2) is 98.9 Å². The summed E-state index contributed by atoms with van der Waals surface area (Å²) < 4.78 is 9.89. The van der Waals surface area contributed by atoms with E-state index in [0.717, 1.165) is 32.5 Å². The molecule has 1 aliphatic rings. The molecule has 6 nitrogen and oxygen atoms in total. The fourth-order valence-electron chi connectivity index (χ4n) is 5.46. The molecule has 0 N–H and O–H groups in total. The van der Waals surface area contributed by atoms with E-state index in [-0.39, 0.29) is 11.7 Å². The number of hydrogen-bond acceptors (Lipinski definition) is 6. The third kappa shape index (κ3) is 5.79. The van der Waals surface area contributed by atoms with Crippen LogP contribution in [0.25, 0.3) is 17.0 Å². The minimum atomic E-state index is -0.663. The number of esters is 1. The monoisotopic (exact) mass is 661 g/mol. The zero-order chi connectivity index (χ0) is 31.1. The van der Waals surface area contributed by atoms with Gasteiger partial charge in [-0.15, -0.1) is 11.8 Å². The van der Waals surface area contributed by atoms with E-state index in [1.54, 1.807) is 29.3 Å². The van der Waals surface area contributed by atoms with Crippen LogP contribution in [0, 0.1) is 0 Å². The van der Waals surface area contributed by atoms with Crippen molar-refractivity contribution in [1.82, 2.24) is 9.13 Å². The molecule has 0 unspecified atom stereocenters. The van der Waals surface area contributed by atoms with Crippen LogP contribution in [0.4, 0.5) is 0 Å². The van der Waals surface area contributed by atoms with Gasteiger partial charge in [0.1, 0.15) is 0 Å². The molecule has 0 saturated heterocycles. The number of hydrogen-bond donors (Lipinski definition) is 0. The van der Waals surface area contributed by atoms with E-state index < -0.39 is 12.0 Å². The second kappa shape index (κ2) is 12.4. The summed E-state index contributed by atoms with van der Waals surface area (Å²) in [4.78, 5) is 34.0. The summed E-state index contributed by atoms with van der Waals surface area (Å²) in [6.07, 6.45) is 5.63. The maximum Gasteiger partial charge on any atom is 0.338 e. The Balaban J connectivity index is 1.50. The number of rotatable bonds is 7. The first-order valence-corrected chi connectivity index (χ1v) is 16.8. The van der Waals surface area contributed by atoms with Crippen molar-refractivity contribution >= 4 is 69.2 Å². The SMILES string of the molecule is CSc1ccc([C@H]2C(C(=O)OC(C)C)=C(C)N=c3s/c(=C\c4cn(Cc5ccc(Cl)cc5Cl)c5ccccc45)c(=O)n32)cc1. The van der Waals surface area contributed by atoms with Gasteiger partial charge in [-0.2, -0.15) is 0 Å². The fraction of sp³-hybridized carbons (Fsp3) is 0.206. The molecule has 1 atom stereocenters. The largest absolute Gasteiger partial charge is 0.459 e. The molecule has 44 heavy (non-hydrogen) atoms. The van der Waals surface area contributed by atoms with E-state index in [4.69, 9.17) is 32.9 Å². The molecular formula is C34H29Cl2N3O3S2. The van der Waals surface area contributed by atoms with E-state index in [1.807, 2.05) is 93.0 Å². The number of fused-ring (bicyclic) bond motifs is 2. The lowest BCUT2D eigenvalue weighted by Crippen LogP contribution is -2.40. The number of halogens is 2. The molecule has 1 aliphatic heterocycles. The number of aromatic nitrogens is 2. The highest BCUT2D eigenvalue weighted by Gasteiger charge is 2.33. The molecule has 0 amide bonds. The third-order valence-corrected chi connectivity index (χ3v) is 9.79. The Labute approximate surface area is 272 Å². The Bertz CT molecular complexity index is 2130. The lowest BCUT2D eigenvalue weighted by molar-refractivity contribution is -0.143. The summed E-state index contributed by atoms with van der Waals surface area (Å²) in [6, 6.07) is 20.8. The Morgan fingerprint density at radius 2 is 1.86 bits per heavy atom. The van der Waals surface area contributed by atoms with E-state index in [1.165, 1.54) is 11.3 Å². The molecular weight excluding hydrogens is 633 g/mol. The van der Waals surface area contributed by atoms with E-state index in [0.29, 0.717) is 37.2 Å². The number of thiazole rings is 1. The van der Waals surface area contributed by atoms with Crippen LogP contribution >= 0.6 is 46.3 Å². The van der Waals surface area contributed by atoms with Gasteiger partial charge in [-0.05, 0) is 74.6 Å². The summed E-state index contributed by atoms with van der Waals surface area (Å²) in [7, 11) is 0. The number of ether oxygens (including phenoxy) is 1. The van der Waals surface area contributed by atoms with Crippen LogP contribution in [-0.2, 0) is 16.1 Å². The predicted octanol–water partition coefficient (Wildman–Crippen LogP) is 7.22. The quantitative estimate of drug-likeness (QED) is 0.136. The number of nitrogens with zero attached hydrogens (tertiary/aromatic N) is 3. The van der Waals surface area contributed by atoms with Crippen LogP contribution in [0.1, 0.15) is 43.5 Å². The summed E-state index contributed by atoms with van der Waals surface area (Å²) in [5, 5.41) is 2.18. The lowest BCUT2D eigenvalue weighted by Gasteiger charge is -2.25. The molecule has 0 bridgehead atoms. The molecule has 0 aliphatic carbocycles. The van der Waals surface area contributed by atoms with Gasteiger partial charge >= 0.3 is 5.97 Å². The van der Waals surface area contributed by atoms with Crippen LogP contribution in [0.2, 0.25) is 10.0 Å². The van der Waals surface area contributed by atoms with Crippen LogP contribution < -0.4 is 14.9 Å². The molecule has 3 heterocycles. The average Bonchev–Trinajstić information content (AvgIpc) is 3.49. The lowest BCUT2D eigenvalue weighted by atomic mass is 9.96. The highest BCUT2D eigenvalue weighted by atomic mass is 35.5. The van der Waals surface area contributed by atoms with Crippen LogP contribution in [0.3, 0.4) is 0 Å². The summed E-state index contributed by atoms with van der Waals surface area (Å²) in [5.74, 6) is -0.474. The maximum absolute atomic E-state index is 14.2. The van der Waals surface area contributed by atoms with Gasteiger partial charge in [0.2, 0.25) is 0 Å². The van der Waals surface area contributed by atoms with E-state index in [2.05, 4.69) is 4.57 Å². The second-order valence-corrected chi connectivity index (χ2v) is 13.5. The Hall–Kier alpha value is -3.56. The highest BCUT2D eigenvalue weighted by molar-refractivity contribution is 7.98. The van der Waals surface area contributed by atoms with Crippen LogP contribution in [0.5, 0.6) is 0 Å². The van der Waals surface area contributed by atoms with Gasteiger partial charge < -0.3 is 9.30 Å². The molecule has 10 heteroatoms. The molecule has 224 valence electrons. The first-order valence-electron chi connectivity index (χ1n) is 14.0. The molecule has 0 spiro atoms. The van der Waals surface area contributed by atoms with Crippen molar-refractivity contribution < 1.29 is 9.53 Å². The molecule has 0 radical (unpaired) electrons. The first kappa shape index (κ1) is 30.5. The Kier molecular flexibility index (Phi) is 8.61. The van der Waals surface area contributed by atoms with Gasteiger partial charge in [0.05, 0.1) is 27.9 Å². The minimum absolute atomic E-state index is 0.215. The normalized spacial score (nSPS) is 15.2. The van der Waals surface area contributed by atoms with Gasteiger partial charge in [-0.1, -0.05) is 70.9 Å². The van der Waals surface area contributed by atoms with Crippen molar-refractivity contribution in [1.29, 1.82) is 0 Å². The topological polar surface area (TPSA) is 65.6 Å². The van der Waals surface area contributed by atoms with Gasteiger partial charge in [0.25, 0.3) is 5.56 Å². The van der Waals surface area contributed by atoms with Crippen molar-refractivity contribution in [3.05, 3.63) is 131 Å². The maximum atomic E-state index is 14.2. The molecule has 2 aromatic heterocycles. The fourth-order valence-corrected chi connectivity index (χ4v) is 7.37. The van der Waals surface area contributed by atoms with Gasteiger partial charge in [-0.3, -0.25) is 9.36 Å². The van der Waals surface area contributed by atoms with Crippen molar-refractivity contribution in [3.63, 3.8) is 0 Å². The smallest absolute Gasteiger partial charge is 0.338 e. The zero-order valence-corrected chi connectivity index (χ0v) is 27.7. The highest BCUT2D eigenvalue weighted by Crippen LogP contribution is 2.32. The number of benzene rings is 3. The number of carbonyl (C=O) groups is 1. The number of allylic oxidation sites excluding steroid dienone is 1. The molecule has 3 aromatic carbocycles. The molecule has 0 saturated carbocycles. The zero-order valence-electron chi connectivity index (χ0n) is 24.5. The van der Waals surface area contributed by atoms with Crippen molar-refractivity contribution in [2.45, 2.75) is 44.4 Å². The molecule has 5 aromatic rings. The van der Waals surface area contributed by atoms with Gasteiger partial charge in [0.15, 0.2) is 4.80 Å². The van der Waals surface area contributed by atoms with Gasteiger partial charge in [-0.25, -0.2) is 9.79 Å². The minimum Gasteiger partial charge on any atom is -0.459 e. The number of thioether (sulfide) groups is 1. The Morgan fingerprint density at radius 1 is 1.11 bits per heavy atom. The molecule has 6 rings (SSSR count). The average molecular weight is 663 g/mol. The van der Waals surface area contributed by atoms with E-state index >= 15 is 0 Å². The summed E-state index contributed by atoms with van der Waals surface area (Å²) in [6.45, 7) is 5.95. The van der Waals surface area contributed by atoms with E-state index in [9.17, 15) is 9.59 Å². The van der Waals surface area contributed by atoms with Crippen molar-refractivity contribution in [2.24, 2.45) is 4.99 Å². The molecule has 0 fully saturated rings. The van der Waals surface area contributed by atoms with Crippen molar-refractivity contribution in [3.8, 4) is 0 Å². The number of carbonyl (C=O) groups excluding carboxylic acids is 1. The number of para-hydroxylation sites is 1. The first-order chi connectivity index (χ1) is 21.1. The second-order valence-electron chi connectivity index (χ2n) is 10.8. The third-order valence-electron chi connectivity index (χ3n) is 7.48.